The summed E-state index contributed by atoms with van der Waals surface area (Å²) in [5.41, 5.74) is 3.80. The van der Waals surface area contributed by atoms with E-state index >= 15 is 0 Å². The van der Waals surface area contributed by atoms with Crippen molar-refractivity contribution in [3.63, 3.8) is 0 Å². The predicted molar refractivity (Wildman–Crippen MR) is 73.6 cm³/mol. The van der Waals surface area contributed by atoms with Gasteiger partial charge < -0.3 is 4.74 Å². The largest absolute Gasteiger partial charge is 0.496 e. The third kappa shape index (κ3) is 3.67. The summed E-state index contributed by atoms with van der Waals surface area (Å²) in [6.45, 7) is 6.40. The fourth-order valence-electron chi connectivity index (χ4n) is 2.00. The molecule has 0 spiro atoms. The number of thioether (sulfide) groups is 1. The standard InChI is InChI=1S/C14H19NOS/c1-10(5-6-17-9-15)13-7-12(3)14(16-4)8-11(13)2/h7-8,10H,5-6H2,1-4H3. The first-order valence-corrected chi connectivity index (χ1v) is 6.74. The van der Waals surface area contributed by atoms with E-state index in [0.717, 1.165) is 17.9 Å². The van der Waals surface area contributed by atoms with E-state index in [1.54, 1.807) is 7.11 Å². The molecule has 0 N–H and O–H groups in total. The van der Waals surface area contributed by atoms with E-state index < -0.39 is 0 Å². The molecule has 92 valence electrons. The molecule has 1 unspecified atom stereocenters. The molecular weight excluding hydrogens is 230 g/mol. The Kier molecular flexibility index (Phi) is 5.37. The van der Waals surface area contributed by atoms with Crippen LogP contribution in [-0.4, -0.2) is 12.9 Å². The van der Waals surface area contributed by atoms with Crippen molar-refractivity contribution in [2.24, 2.45) is 0 Å². The third-order valence-corrected chi connectivity index (χ3v) is 3.60. The summed E-state index contributed by atoms with van der Waals surface area (Å²) < 4.78 is 5.31. The van der Waals surface area contributed by atoms with Gasteiger partial charge in [0, 0.05) is 5.75 Å². The highest BCUT2D eigenvalue weighted by Gasteiger charge is 2.11. The maximum Gasteiger partial charge on any atom is 0.133 e. The molecule has 1 rings (SSSR count). The minimum Gasteiger partial charge on any atom is -0.496 e. The molecule has 0 aliphatic rings. The highest BCUT2D eigenvalue weighted by atomic mass is 32.2. The van der Waals surface area contributed by atoms with Crippen LogP contribution in [0.3, 0.4) is 0 Å². The lowest BCUT2D eigenvalue weighted by Crippen LogP contribution is -2.00. The van der Waals surface area contributed by atoms with Crippen molar-refractivity contribution in [3.8, 4) is 11.2 Å². The summed E-state index contributed by atoms with van der Waals surface area (Å²) in [5, 5.41) is 10.6. The van der Waals surface area contributed by atoms with Gasteiger partial charge in [0.15, 0.2) is 0 Å². The van der Waals surface area contributed by atoms with Gasteiger partial charge in [-0.2, -0.15) is 5.26 Å². The lowest BCUT2D eigenvalue weighted by Gasteiger charge is -2.16. The molecule has 1 aromatic carbocycles. The van der Waals surface area contributed by atoms with Gasteiger partial charge in [-0.25, -0.2) is 0 Å². The normalized spacial score (nSPS) is 11.9. The second-order valence-corrected chi connectivity index (χ2v) is 5.19. The lowest BCUT2D eigenvalue weighted by molar-refractivity contribution is 0.411. The number of thiocyanates is 1. The number of nitrogens with zero attached hydrogens (tertiary/aromatic N) is 1. The van der Waals surface area contributed by atoms with E-state index in [2.05, 4.69) is 38.3 Å². The van der Waals surface area contributed by atoms with Crippen molar-refractivity contribution in [1.82, 2.24) is 0 Å². The van der Waals surface area contributed by atoms with Crippen molar-refractivity contribution in [2.75, 3.05) is 12.9 Å². The van der Waals surface area contributed by atoms with E-state index in [1.807, 2.05) is 0 Å². The molecular formula is C14H19NOS. The molecule has 3 heteroatoms. The zero-order valence-corrected chi connectivity index (χ0v) is 11.7. The van der Waals surface area contributed by atoms with Crippen LogP contribution in [0.25, 0.3) is 0 Å². The van der Waals surface area contributed by atoms with Gasteiger partial charge in [-0.1, -0.05) is 13.0 Å². The van der Waals surface area contributed by atoms with Gasteiger partial charge in [0.05, 0.1) is 7.11 Å². The maximum atomic E-state index is 8.51. The number of rotatable bonds is 5. The van der Waals surface area contributed by atoms with E-state index in [1.165, 1.54) is 28.5 Å². The monoisotopic (exact) mass is 249 g/mol. The molecule has 0 radical (unpaired) electrons. The van der Waals surface area contributed by atoms with Crippen molar-refractivity contribution in [3.05, 3.63) is 28.8 Å². The molecule has 1 aromatic rings. The summed E-state index contributed by atoms with van der Waals surface area (Å²) in [6, 6.07) is 4.30. The number of hydrogen-bond donors (Lipinski definition) is 0. The number of methoxy groups -OCH3 is 1. The van der Waals surface area contributed by atoms with Gasteiger partial charge in [-0.05, 0) is 60.7 Å². The molecule has 1 atom stereocenters. The number of nitriles is 1. The van der Waals surface area contributed by atoms with Crippen LogP contribution in [0, 0.1) is 24.5 Å². The summed E-state index contributed by atoms with van der Waals surface area (Å²) in [7, 11) is 1.70. The van der Waals surface area contributed by atoms with E-state index in [0.29, 0.717) is 5.92 Å². The Hall–Kier alpha value is -1.14. The molecule has 17 heavy (non-hydrogen) atoms. The average molecular weight is 249 g/mol. The van der Waals surface area contributed by atoms with Crippen molar-refractivity contribution < 1.29 is 4.74 Å². The van der Waals surface area contributed by atoms with E-state index in [4.69, 9.17) is 10.00 Å². The summed E-state index contributed by atoms with van der Waals surface area (Å²) in [6.07, 6.45) is 1.03. The quantitative estimate of drug-likeness (QED) is 0.583. The molecule has 0 saturated heterocycles. The molecule has 0 amide bonds. The van der Waals surface area contributed by atoms with Crippen LogP contribution in [0.1, 0.15) is 36.0 Å². The molecule has 0 heterocycles. The second-order valence-electron chi connectivity index (χ2n) is 4.31. The Bertz CT molecular complexity index is 423. The molecule has 0 aliphatic heterocycles. The summed E-state index contributed by atoms with van der Waals surface area (Å²) in [4.78, 5) is 0. The van der Waals surface area contributed by atoms with Crippen molar-refractivity contribution in [1.29, 1.82) is 5.26 Å². The van der Waals surface area contributed by atoms with Crippen LogP contribution in [0.15, 0.2) is 12.1 Å². The van der Waals surface area contributed by atoms with E-state index in [9.17, 15) is 0 Å². The Balaban J connectivity index is 2.83. The Labute approximate surface area is 108 Å². The van der Waals surface area contributed by atoms with Gasteiger partial charge in [0.25, 0.3) is 0 Å². The topological polar surface area (TPSA) is 33.0 Å². The fourth-order valence-corrected chi connectivity index (χ4v) is 2.56. The molecule has 0 aromatic heterocycles. The van der Waals surface area contributed by atoms with Gasteiger partial charge in [-0.15, -0.1) is 0 Å². The van der Waals surface area contributed by atoms with Crippen LogP contribution in [0.5, 0.6) is 5.75 Å². The van der Waals surface area contributed by atoms with Crippen LogP contribution in [0.2, 0.25) is 0 Å². The molecule has 2 nitrogen and oxygen atoms in total. The minimum atomic E-state index is 0.487. The number of aryl methyl sites for hydroxylation is 2. The smallest absolute Gasteiger partial charge is 0.133 e. The van der Waals surface area contributed by atoms with Crippen LogP contribution in [-0.2, 0) is 0 Å². The zero-order chi connectivity index (χ0) is 12.8. The molecule has 0 bridgehead atoms. The minimum absolute atomic E-state index is 0.487. The maximum absolute atomic E-state index is 8.51. The average Bonchev–Trinajstić information content (AvgIpc) is 2.31. The number of ether oxygens (including phenoxy) is 1. The van der Waals surface area contributed by atoms with Crippen LogP contribution in [0.4, 0.5) is 0 Å². The first-order valence-electron chi connectivity index (χ1n) is 5.76. The third-order valence-electron chi connectivity index (χ3n) is 3.03. The van der Waals surface area contributed by atoms with Gasteiger partial charge >= 0.3 is 0 Å². The molecule has 0 saturated carbocycles. The Morgan fingerprint density at radius 1 is 1.35 bits per heavy atom. The molecule has 0 aliphatic carbocycles. The SMILES string of the molecule is COc1cc(C)c(C(C)CCSC#N)cc1C. The van der Waals surface area contributed by atoms with Crippen LogP contribution >= 0.6 is 11.8 Å². The highest BCUT2D eigenvalue weighted by Crippen LogP contribution is 2.29. The van der Waals surface area contributed by atoms with Gasteiger partial charge in [-0.3, -0.25) is 0 Å². The van der Waals surface area contributed by atoms with Crippen molar-refractivity contribution >= 4 is 11.8 Å². The first kappa shape index (κ1) is 13.9. The fraction of sp³-hybridized carbons (Fsp3) is 0.500. The predicted octanol–water partition coefficient (Wildman–Crippen LogP) is 4.02. The Morgan fingerprint density at radius 3 is 2.65 bits per heavy atom. The lowest BCUT2D eigenvalue weighted by atomic mass is 9.92. The van der Waals surface area contributed by atoms with Gasteiger partial charge in [0.1, 0.15) is 11.2 Å². The summed E-state index contributed by atoms with van der Waals surface area (Å²) >= 11 is 1.33. The Morgan fingerprint density at radius 2 is 2.06 bits per heavy atom. The zero-order valence-electron chi connectivity index (χ0n) is 10.9. The second kappa shape index (κ2) is 6.56. The van der Waals surface area contributed by atoms with Gasteiger partial charge in [0.2, 0.25) is 0 Å². The highest BCUT2D eigenvalue weighted by molar-refractivity contribution is 8.03. The van der Waals surface area contributed by atoms with E-state index in [-0.39, 0.29) is 0 Å². The number of benzene rings is 1. The summed E-state index contributed by atoms with van der Waals surface area (Å²) in [5.74, 6) is 2.33. The van der Waals surface area contributed by atoms with Crippen LogP contribution < -0.4 is 4.74 Å². The molecule has 0 fully saturated rings. The number of hydrogen-bond acceptors (Lipinski definition) is 3. The van der Waals surface area contributed by atoms with Crippen molar-refractivity contribution in [2.45, 2.75) is 33.1 Å². The first-order chi connectivity index (χ1) is 8.10.